The van der Waals surface area contributed by atoms with Crippen molar-refractivity contribution >= 4 is 17.4 Å². The van der Waals surface area contributed by atoms with Crippen molar-refractivity contribution in [3.63, 3.8) is 0 Å². The summed E-state index contributed by atoms with van der Waals surface area (Å²) in [5.74, 6) is 0.573. The molecule has 1 N–H and O–H groups in total. The van der Waals surface area contributed by atoms with E-state index in [0.717, 1.165) is 11.4 Å². The zero-order valence-corrected chi connectivity index (χ0v) is 17.0. The van der Waals surface area contributed by atoms with Gasteiger partial charge in [0.2, 0.25) is 0 Å². The minimum Gasteiger partial charge on any atom is -0.463 e. The van der Waals surface area contributed by atoms with Gasteiger partial charge in [-0.05, 0) is 49.4 Å². The first-order chi connectivity index (χ1) is 15.1. The van der Waals surface area contributed by atoms with Crippen LogP contribution in [0.5, 0.6) is 0 Å². The van der Waals surface area contributed by atoms with E-state index in [1.807, 2.05) is 67.6 Å². The lowest BCUT2D eigenvalue weighted by Crippen LogP contribution is -2.41. The Morgan fingerprint density at radius 1 is 0.968 bits per heavy atom. The van der Waals surface area contributed by atoms with Gasteiger partial charge in [0.25, 0.3) is 5.56 Å². The molecule has 0 spiro atoms. The van der Waals surface area contributed by atoms with Crippen molar-refractivity contribution in [3.05, 3.63) is 102 Å². The third kappa shape index (κ3) is 4.56. The Labute approximate surface area is 179 Å². The summed E-state index contributed by atoms with van der Waals surface area (Å²) in [4.78, 5) is 27.1. The number of anilines is 2. The standard InChI is InChI=1S/C24H22N4O3/c1-18(28-23(29)15-14-21(26-28)22-13-8-16-31-22)17-25-24(30)27(19-9-4-2-5-10-19)20-11-6-3-7-12-20/h2-16,18H,17H2,1H3,(H,25,30). The van der Waals surface area contributed by atoms with Crippen molar-refractivity contribution in [1.82, 2.24) is 15.1 Å². The normalized spacial score (nSPS) is 11.6. The SMILES string of the molecule is CC(CNC(=O)N(c1ccccc1)c1ccccc1)n1nc(-c2ccco2)ccc1=O. The minimum absolute atomic E-state index is 0.226. The molecule has 0 radical (unpaired) electrons. The van der Waals surface area contributed by atoms with Crippen molar-refractivity contribution in [2.75, 3.05) is 11.4 Å². The van der Waals surface area contributed by atoms with Crippen molar-refractivity contribution in [2.45, 2.75) is 13.0 Å². The Balaban J connectivity index is 1.53. The summed E-state index contributed by atoms with van der Waals surface area (Å²) in [6.07, 6.45) is 1.55. The number of furan rings is 1. The van der Waals surface area contributed by atoms with E-state index in [1.54, 1.807) is 29.4 Å². The van der Waals surface area contributed by atoms with Crippen molar-refractivity contribution in [1.29, 1.82) is 0 Å². The van der Waals surface area contributed by atoms with Crippen molar-refractivity contribution in [2.24, 2.45) is 0 Å². The van der Waals surface area contributed by atoms with Gasteiger partial charge in [-0.2, -0.15) is 5.10 Å². The predicted molar refractivity (Wildman–Crippen MR) is 119 cm³/mol. The molecule has 0 fully saturated rings. The van der Waals surface area contributed by atoms with Crippen LogP contribution >= 0.6 is 0 Å². The third-order valence-electron chi connectivity index (χ3n) is 4.80. The second-order valence-corrected chi connectivity index (χ2v) is 7.02. The Kier molecular flexibility index (Phi) is 5.93. The largest absolute Gasteiger partial charge is 0.463 e. The molecule has 0 saturated carbocycles. The molecule has 0 bridgehead atoms. The second-order valence-electron chi connectivity index (χ2n) is 7.02. The van der Waals surface area contributed by atoms with E-state index >= 15 is 0 Å². The van der Waals surface area contributed by atoms with Crippen LogP contribution < -0.4 is 15.8 Å². The molecule has 7 heteroatoms. The lowest BCUT2D eigenvalue weighted by atomic mass is 10.2. The highest BCUT2D eigenvalue weighted by molar-refractivity contribution is 5.99. The first-order valence-corrected chi connectivity index (χ1v) is 9.95. The summed E-state index contributed by atoms with van der Waals surface area (Å²) >= 11 is 0. The second kappa shape index (κ2) is 9.13. The van der Waals surface area contributed by atoms with Crippen LogP contribution in [0.3, 0.4) is 0 Å². The molecule has 2 heterocycles. The summed E-state index contributed by atoms with van der Waals surface area (Å²) < 4.78 is 6.72. The fourth-order valence-corrected chi connectivity index (χ4v) is 3.24. The smallest absolute Gasteiger partial charge is 0.326 e. The van der Waals surface area contributed by atoms with Gasteiger partial charge in [0, 0.05) is 12.6 Å². The zero-order chi connectivity index (χ0) is 21.6. The first-order valence-electron chi connectivity index (χ1n) is 9.95. The Morgan fingerprint density at radius 3 is 2.19 bits per heavy atom. The third-order valence-corrected chi connectivity index (χ3v) is 4.80. The summed E-state index contributed by atoms with van der Waals surface area (Å²) in [6.45, 7) is 2.06. The Morgan fingerprint density at radius 2 is 1.61 bits per heavy atom. The fraction of sp³-hybridized carbons (Fsp3) is 0.125. The monoisotopic (exact) mass is 414 g/mol. The van der Waals surface area contributed by atoms with E-state index in [-0.39, 0.29) is 24.2 Å². The van der Waals surface area contributed by atoms with E-state index in [2.05, 4.69) is 10.4 Å². The van der Waals surface area contributed by atoms with Crippen LogP contribution in [0.15, 0.2) is 100 Å². The van der Waals surface area contributed by atoms with Crippen LogP contribution in [-0.4, -0.2) is 22.4 Å². The van der Waals surface area contributed by atoms with Gasteiger partial charge in [0.1, 0.15) is 5.69 Å². The van der Waals surface area contributed by atoms with Crippen LogP contribution in [0.2, 0.25) is 0 Å². The van der Waals surface area contributed by atoms with E-state index in [4.69, 9.17) is 4.42 Å². The van der Waals surface area contributed by atoms with Gasteiger partial charge in [-0.3, -0.25) is 9.69 Å². The molecule has 1 unspecified atom stereocenters. The van der Waals surface area contributed by atoms with E-state index in [1.165, 1.54) is 10.7 Å². The number of rotatable bonds is 6. The fourth-order valence-electron chi connectivity index (χ4n) is 3.24. The van der Waals surface area contributed by atoms with Gasteiger partial charge >= 0.3 is 6.03 Å². The predicted octanol–water partition coefficient (Wildman–Crippen LogP) is 4.61. The highest BCUT2D eigenvalue weighted by Gasteiger charge is 2.19. The van der Waals surface area contributed by atoms with Gasteiger partial charge in [-0.25, -0.2) is 9.48 Å². The highest BCUT2D eigenvalue weighted by Crippen LogP contribution is 2.25. The number of para-hydroxylation sites is 2. The average Bonchev–Trinajstić information content (AvgIpc) is 3.34. The van der Waals surface area contributed by atoms with Crippen molar-refractivity contribution < 1.29 is 9.21 Å². The van der Waals surface area contributed by atoms with Crippen molar-refractivity contribution in [3.8, 4) is 11.5 Å². The van der Waals surface area contributed by atoms with Gasteiger partial charge in [0.15, 0.2) is 5.76 Å². The summed E-state index contributed by atoms with van der Waals surface area (Å²) in [5.41, 5.74) is 1.79. The maximum absolute atomic E-state index is 13.1. The number of hydrogen-bond donors (Lipinski definition) is 1. The number of aromatic nitrogens is 2. The van der Waals surface area contributed by atoms with E-state index in [9.17, 15) is 9.59 Å². The minimum atomic E-state index is -0.361. The molecule has 2 amide bonds. The number of urea groups is 1. The molecule has 4 rings (SSSR count). The van der Waals surface area contributed by atoms with E-state index in [0.29, 0.717) is 11.5 Å². The van der Waals surface area contributed by atoms with Crippen LogP contribution in [0.1, 0.15) is 13.0 Å². The summed E-state index contributed by atoms with van der Waals surface area (Å²) in [5, 5.41) is 7.32. The molecule has 0 aliphatic heterocycles. The van der Waals surface area contributed by atoms with E-state index < -0.39 is 0 Å². The molecule has 0 aliphatic carbocycles. The molecule has 7 nitrogen and oxygen atoms in total. The van der Waals surface area contributed by atoms with Crippen LogP contribution in [-0.2, 0) is 0 Å². The molecular weight excluding hydrogens is 392 g/mol. The topological polar surface area (TPSA) is 80.4 Å². The van der Waals surface area contributed by atoms with Gasteiger partial charge in [-0.1, -0.05) is 36.4 Å². The number of benzene rings is 2. The van der Waals surface area contributed by atoms with Gasteiger partial charge in [-0.15, -0.1) is 0 Å². The molecule has 0 aliphatic rings. The average molecular weight is 414 g/mol. The lowest BCUT2D eigenvalue weighted by molar-refractivity contribution is 0.246. The number of carbonyl (C=O) groups excluding carboxylic acids is 1. The molecule has 2 aromatic heterocycles. The molecule has 156 valence electrons. The molecule has 0 saturated heterocycles. The molecule has 4 aromatic rings. The summed E-state index contributed by atoms with van der Waals surface area (Å²) in [6, 6.07) is 24.8. The molecular formula is C24H22N4O3. The Hall–Kier alpha value is -4.13. The number of nitrogens with zero attached hydrogens (tertiary/aromatic N) is 3. The van der Waals surface area contributed by atoms with Crippen LogP contribution in [0, 0.1) is 0 Å². The summed E-state index contributed by atoms with van der Waals surface area (Å²) in [7, 11) is 0. The lowest BCUT2D eigenvalue weighted by Gasteiger charge is -2.24. The molecule has 2 aromatic carbocycles. The quantitative estimate of drug-likeness (QED) is 0.500. The van der Waals surface area contributed by atoms with Crippen LogP contribution in [0.4, 0.5) is 16.2 Å². The number of nitrogens with one attached hydrogen (secondary N) is 1. The number of carbonyl (C=O) groups is 1. The number of amides is 2. The highest BCUT2D eigenvalue weighted by atomic mass is 16.3. The van der Waals surface area contributed by atoms with Gasteiger partial charge < -0.3 is 9.73 Å². The molecule has 31 heavy (non-hydrogen) atoms. The van der Waals surface area contributed by atoms with Gasteiger partial charge in [0.05, 0.1) is 23.7 Å². The first kappa shape index (κ1) is 20.2. The maximum Gasteiger partial charge on any atom is 0.326 e. The molecule has 1 atom stereocenters. The number of hydrogen-bond acceptors (Lipinski definition) is 4. The zero-order valence-electron chi connectivity index (χ0n) is 17.0. The maximum atomic E-state index is 13.1. The Bertz CT molecular complexity index is 1150. The van der Waals surface area contributed by atoms with Crippen LogP contribution in [0.25, 0.3) is 11.5 Å².